The van der Waals surface area contributed by atoms with Gasteiger partial charge in [0.1, 0.15) is 23.1 Å². The van der Waals surface area contributed by atoms with Gasteiger partial charge in [-0.05, 0) is 37.6 Å². The second-order valence-corrected chi connectivity index (χ2v) is 5.59. The minimum atomic E-state index is -0.644. The summed E-state index contributed by atoms with van der Waals surface area (Å²) >= 11 is 6.16. The minimum Gasteiger partial charge on any atom is -0.290 e. The number of alkyl halides is 1. The Morgan fingerprint density at radius 1 is 1.10 bits per heavy atom. The van der Waals surface area contributed by atoms with E-state index < -0.39 is 17.0 Å². The zero-order chi connectivity index (χ0) is 15.1. The summed E-state index contributed by atoms with van der Waals surface area (Å²) in [6, 6.07) is 9.30. The molecule has 0 aliphatic heterocycles. The third-order valence-corrected chi connectivity index (χ3v) is 3.62. The second kappa shape index (κ2) is 5.11. The SMILES string of the molecule is Cc1cccc2c1nc(C(C)Cl)n2-c1c(F)cccc1F. The van der Waals surface area contributed by atoms with Crippen LogP contribution in [0.1, 0.15) is 23.7 Å². The molecule has 0 spiro atoms. The highest BCUT2D eigenvalue weighted by Crippen LogP contribution is 2.31. The van der Waals surface area contributed by atoms with Crippen LogP contribution in [0.3, 0.4) is 0 Å². The van der Waals surface area contributed by atoms with Gasteiger partial charge in [-0.25, -0.2) is 13.8 Å². The average Bonchev–Trinajstić information content (AvgIpc) is 2.80. The molecule has 1 heterocycles. The van der Waals surface area contributed by atoms with E-state index in [4.69, 9.17) is 11.6 Å². The predicted octanol–water partition coefficient (Wildman–Crippen LogP) is 4.91. The molecule has 0 fully saturated rings. The highest BCUT2D eigenvalue weighted by molar-refractivity contribution is 6.20. The quantitative estimate of drug-likeness (QED) is 0.615. The number of benzene rings is 2. The second-order valence-electron chi connectivity index (χ2n) is 4.93. The van der Waals surface area contributed by atoms with Gasteiger partial charge < -0.3 is 0 Å². The molecular weight excluding hydrogens is 294 g/mol. The van der Waals surface area contributed by atoms with Crippen molar-refractivity contribution in [2.45, 2.75) is 19.2 Å². The van der Waals surface area contributed by atoms with Gasteiger partial charge in [-0.3, -0.25) is 4.57 Å². The number of nitrogens with zero attached hydrogens (tertiary/aromatic N) is 2. The summed E-state index contributed by atoms with van der Waals surface area (Å²) in [5.74, 6) is -0.867. The van der Waals surface area contributed by atoms with Crippen LogP contribution in [0, 0.1) is 18.6 Å². The Kier molecular flexibility index (Phi) is 3.41. The summed E-state index contributed by atoms with van der Waals surface area (Å²) in [5, 5.41) is -0.476. The van der Waals surface area contributed by atoms with Crippen LogP contribution in [-0.4, -0.2) is 9.55 Å². The van der Waals surface area contributed by atoms with Crippen LogP contribution >= 0.6 is 11.6 Å². The fourth-order valence-corrected chi connectivity index (χ4v) is 2.61. The fourth-order valence-electron chi connectivity index (χ4n) is 2.46. The zero-order valence-corrected chi connectivity index (χ0v) is 12.3. The van der Waals surface area contributed by atoms with Gasteiger partial charge in [0.15, 0.2) is 0 Å². The van der Waals surface area contributed by atoms with Gasteiger partial charge in [0, 0.05) is 0 Å². The van der Waals surface area contributed by atoms with Gasteiger partial charge in [0.2, 0.25) is 0 Å². The van der Waals surface area contributed by atoms with Crippen molar-refractivity contribution < 1.29 is 8.78 Å². The average molecular weight is 307 g/mol. The molecular formula is C16H13ClF2N2. The van der Waals surface area contributed by atoms with Gasteiger partial charge >= 0.3 is 0 Å². The molecule has 0 saturated heterocycles. The third-order valence-electron chi connectivity index (χ3n) is 3.43. The smallest absolute Gasteiger partial charge is 0.150 e. The van der Waals surface area contributed by atoms with Gasteiger partial charge in [0.25, 0.3) is 0 Å². The third kappa shape index (κ3) is 2.20. The number of hydrogen-bond acceptors (Lipinski definition) is 1. The number of imidazole rings is 1. The topological polar surface area (TPSA) is 17.8 Å². The molecule has 108 valence electrons. The van der Waals surface area contributed by atoms with Crippen LogP contribution in [0.5, 0.6) is 0 Å². The van der Waals surface area contributed by atoms with Gasteiger partial charge in [-0.1, -0.05) is 18.2 Å². The standard InChI is InChI=1S/C16H13ClF2N2/c1-9-5-3-8-13-14(9)20-16(10(2)17)21(13)15-11(18)6-4-7-12(15)19/h3-8,10H,1-2H3. The first-order valence-electron chi connectivity index (χ1n) is 6.57. The van der Waals surface area contributed by atoms with Crippen molar-refractivity contribution in [3.63, 3.8) is 0 Å². The van der Waals surface area contributed by atoms with E-state index in [1.165, 1.54) is 22.8 Å². The molecule has 0 radical (unpaired) electrons. The van der Waals surface area contributed by atoms with E-state index in [1.807, 2.05) is 19.1 Å². The number of rotatable bonds is 2. The maximum Gasteiger partial charge on any atom is 0.150 e. The lowest BCUT2D eigenvalue weighted by atomic mass is 10.2. The minimum absolute atomic E-state index is 0.145. The zero-order valence-electron chi connectivity index (χ0n) is 11.6. The maximum absolute atomic E-state index is 14.2. The Hall–Kier alpha value is -1.94. The largest absolute Gasteiger partial charge is 0.290 e. The first-order chi connectivity index (χ1) is 10.0. The van der Waals surface area contributed by atoms with Crippen molar-refractivity contribution in [2.75, 3.05) is 0 Å². The van der Waals surface area contributed by atoms with Crippen LogP contribution in [0.25, 0.3) is 16.7 Å². The molecule has 21 heavy (non-hydrogen) atoms. The summed E-state index contributed by atoms with van der Waals surface area (Å²) in [6.07, 6.45) is 0. The monoisotopic (exact) mass is 306 g/mol. The van der Waals surface area contributed by atoms with Crippen molar-refractivity contribution in [3.8, 4) is 5.69 Å². The van der Waals surface area contributed by atoms with E-state index >= 15 is 0 Å². The van der Waals surface area contributed by atoms with Crippen molar-refractivity contribution in [1.82, 2.24) is 9.55 Å². The van der Waals surface area contributed by atoms with E-state index in [2.05, 4.69) is 4.98 Å². The number of para-hydroxylation sites is 2. The van der Waals surface area contributed by atoms with Crippen molar-refractivity contribution in [2.24, 2.45) is 0 Å². The summed E-state index contributed by atoms with van der Waals surface area (Å²) in [5.41, 5.74) is 2.12. The first kappa shape index (κ1) is 14.0. The number of aryl methyl sites for hydroxylation is 1. The molecule has 1 atom stereocenters. The molecule has 3 rings (SSSR count). The van der Waals surface area contributed by atoms with Crippen molar-refractivity contribution in [3.05, 3.63) is 59.4 Å². The van der Waals surface area contributed by atoms with Crippen LogP contribution in [0.2, 0.25) is 0 Å². The lowest BCUT2D eigenvalue weighted by Gasteiger charge is -2.12. The lowest BCUT2D eigenvalue weighted by Crippen LogP contribution is -2.06. The molecule has 2 aromatic carbocycles. The van der Waals surface area contributed by atoms with Crippen LogP contribution in [0.15, 0.2) is 36.4 Å². The molecule has 1 unspecified atom stereocenters. The Labute approximate surface area is 126 Å². The number of aromatic nitrogens is 2. The van der Waals surface area contributed by atoms with Crippen molar-refractivity contribution >= 4 is 22.6 Å². The summed E-state index contributed by atoms with van der Waals surface area (Å²) in [4.78, 5) is 4.47. The van der Waals surface area contributed by atoms with E-state index in [1.54, 1.807) is 13.0 Å². The molecule has 2 nitrogen and oxygen atoms in total. The molecule has 0 N–H and O–H groups in total. The van der Waals surface area contributed by atoms with E-state index in [-0.39, 0.29) is 5.69 Å². The molecule has 0 aliphatic carbocycles. The maximum atomic E-state index is 14.2. The Balaban J connectivity index is 2.46. The molecule has 1 aromatic heterocycles. The molecule has 0 saturated carbocycles. The van der Waals surface area contributed by atoms with Crippen LogP contribution in [-0.2, 0) is 0 Å². The molecule has 0 amide bonds. The fraction of sp³-hybridized carbons (Fsp3) is 0.188. The van der Waals surface area contributed by atoms with E-state index in [0.717, 1.165) is 5.56 Å². The summed E-state index contributed by atoms with van der Waals surface area (Å²) in [6.45, 7) is 3.63. The Morgan fingerprint density at radius 3 is 2.33 bits per heavy atom. The first-order valence-corrected chi connectivity index (χ1v) is 7.00. The highest BCUT2D eigenvalue weighted by atomic mass is 35.5. The normalized spacial score (nSPS) is 12.8. The Morgan fingerprint density at radius 2 is 1.71 bits per heavy atom. The van der Waals surface area contributed by atoms with Crippen LogP contribution in [0.4, 0.5) is 8.78 Å². The number of fused-ring (bicyclic) bond motifs is 1. The highest BCUT2D eigenvalue weighted by Gasteiger charge is 2.21. The molecule has 5 heteroatoms. The lowest BCUT2D eigenvalue weighted by molar-refractivity contribution is 0.567. The molecule has 0 bridgehead atoms. The number of hydrogen-bond donors (Lipinski definition) is 0. The summed E-state index contributed by atoms with van der Waals surface area (Å²) in [7, 11) is 0. The van der Waals surface area contributed by atoms with Crippen molar-refractivity contribution in [1.29, 1.82) is 0 Å². The molecule has 3 aromatic rings. The van der Waals surface area contributed by atoms with Gasteiger partial charge in [-0.15, -0.1) is 11.6 Å². The predicted molar refractivity (Wildman–Crippen MR) is 80.0 cm³/mol. The van der Waals surface area contributed by atoms with Crippen LogP contribution < -0.4 is 0 Å². The van der Waals surface area contributed by atoms with E-state index in [9.17, 15) is 8.78 Å². The Bertz CT molecular complexity index is 804. The van der Waals surface area contributed by atoms with Gasteiger partial charge in [0.05, 0.1) is 16.4 Å². The van der Waals surface area contributed by atoms with E-state index in [0.29, 0.717) is 16.9 Å². The molecule has 0 aliphatic rings. The van der Waals surface area contributed by atoms with Gasteiger partial charge in [-0.2, -0.15) is 0 Å². The number of halogens is 3. The summed E-state index contributed by atoms with van der Waals surface area (Å²) < 4.78 is 29.8.